The molecule has 1 aromatic rings. The highest BCUT2D eigenvalue weighted by Crippen LogP contribution is 2.35. The molecule has 1 saturated carbocycles. The average molecular weight is 385 g/mol. The predicted octanol–water partition coefficient (Wildman–Crippen LogP) is 0.814. The lowest BCUT2D eigenvalue weighted by Gasteiger charge is -2.26. The summed E-state index contributed by atoms with van der Waals surface area (Å²) in [5, 5.41) is 23.6. The normalized spacial score (nSPS) is 21.5. The van der Waals surface area contributed by atoms with Gasteiger partial charge in [-0.05, 0) is 26.0 Å². The second kappa shape index (κ2) is 6.54. The quantitative estimate of drug-likeness (QED) is 0.389. The second-order valence-electron chi connectivity index (χ2n) is 6.42. The fourth-order valence-corrected chi connectivity index (χ4v) is 4.26. The van der Waals surface area contributed by atoms with Crippen LogP contribution in [0.15, 0.2) is 4.34 Å². The lowest BCUT2D eigenvalue weighted by Crippen LogP contribution is -2.52. The van der Waals surface area contributed by atoms with Crippen LogP contribution in [0.3, 0.4) is 0 Å². The number of aromatic nitrogens is 2. The van der Waals surface area contributed by atoms with Crippen molar-refractivity contribution in [3.8, 4) is 0 Å². The molecule has 3 N–H and O–H groups in total. The van der Waals surface area contributed by atoms with Crippen LogP contribution in [0.25, 0.3) is 0 Å². The molecule has 11 heteroatoms. The molecular weight excluding hydrogens is 366 g/mol. The highest BCUT2D eigenvalue weighted by atomic mass is 32.2. The van der Waals surface area contributed by atoms with Gasteiger partial charge in [-0.15, -0.1) is 10.2 Å². The average Bonchev–Trinajstić information content (AvgIpc) is 3.25. The summed E-state index contributed by atoms with van der Waals surface area (Å²) < 4.78 is 0.673. The van der Waals surface area contributed by atoms with Gasteiger partial charge in [0.05, 0.1) is 6.54 Å². The summed E-state index contributed by atoms with van der Waals surface area (Å²) in [4.78, 5) is 38.1. The van der Waals surface area contributed by atoms with E-state index in [1.807, 2.05) is 6.26 Å². The molecule has 1 aliphatic heterocycles. The van der Waals surface area contributed by atoms with Crippen LogP contribution in [0, 0.1) is 0 Å². The van der Waals surface area contributed by atoms with Gasteiger partial charge in [0.25, 0.3) is 11.8 Å². The smallest absolute Gasteiger partial charge is 0.325 e. The zero-order valence-electron chi connectivity index (χ0n) is 13.9. The van der Waals surface area contributed by atoms with Crippen molar-refractivity contribution in [1.82, 2.24) is 20.4 Å². The highest BCUT2D eigenvalue weighted by Gasteiger charge is 2.54. The van der Waals surface area contributed by atoms with Gasteiger partial charge in [-0.2, -0.15) is 0 Å². The minimum Gasteiger partial charge on any atom is -0.378 e. The number of aliphatic hydroxyl groups is 1. The van der Waals surface area contributed by atoms with Crippen molar-refractivity contribution in [2.45, 2.75) is 48.1 Å². The van der Waals surface area contributed by atoms with E-state index >= 15 is 0 Å². The number of imide groups is 1. The van der Waals surface area contributed by atoms with Crippen LogP contribution in [0.5, 0.6) is 0 Å². The number of urea groups is 1. The third kappa shape index (κ3) is 3.35. The molecule has 1 spiro atoms. The van der Waals surface area contributed by atoms with Gasteiger partial charge in [-0.3, -0.25) is 19.8 Å². The number of nitrogens with zero attached hydrogens (tertiary/aromatic N) is 3. The van der Waals surface area contributed by atoms with E-state index in [2.05, 4.69) is 20.8 Å². The topological polar surface area (TPSA) is 125 Å². The predicted molar refractivity (Wildman–Crippen MR) is 92.4 cm³/mol. The van der Waals surface area contributed by atoms with Crippen molar-refractivity contribution in [3.05, 3.63) is 0 Å². The van der Waals surface area contributed by atoms with Crippen molar-refractivity contribution in [2.24, 2.45) is 0 Å². The number of hydrogen-bond acceptors (Lipinski definition) is 8. The number of amides is 4. The van der Waals surface area contributed by atoms with E-state index in [0.717, 1.165) is 17.7 Å². The third-order valence-electron chi connectivity index (χ3n) is 4.46. The molecular formula is C14H19N5O4S2. The minimum atomic E-state index is -1.94. The maximum atomic E-state index is 12.6. The number of β-amino-alcohol motifs (C(OH)–C–C–N with tert-alkyl or cyclic N) is 1. The first kappa shape index (κ1) is 18.1. The zero-order chi connectivity index (χ0) is 18.2. The Morgan fingerprint density at radius 3 is 2.72 bits per heavy atom. The summed E-state index contributed by atoms with van der Waals surface area (Å²) in [6.45, 7) is 0.846. The van der Waals surface area contributed by atoms with E-state index in [1.54, 1.807) is 0 Å². The molecule has 1 saturated heterocycles. The third-order valence-corrected chi connectivity index (χ3v) is 6.27. The van der Waals surface area contributed by atoms with Crippen LogP contribution in [-0.4, -0.2) is 62.0 Å². The Morgan fingerprint density at radius 2 is 2.12 bits per heavy atom. The Kier molecular flexibility index (Phi) is 4.73. The summed E-state index contributed by atoms with van der Waals surface area (Å²) in [6, 6.07) is -0.569. The molecule has 3 rings (SSSR count). The zero-order valence-corrected chi connectivity index (χ0v) is 15.5. The molecule has 1 aromatic heterocycles. The maximum Gasteiger partial charge on any atom is 0.325 e. The number of thioether (sulfide) groups is 1. The Hall–Kier alpha value is -1.72. The minimum absolute atomic E-state index is 0.249. The number of carbonyl (C=O) groups excluding carboxylic acids is 3. The van der Waals surface area contributed by atoms with Crippen LogP contribution in [-0.2, 0) is 9.59 Å². The van der Waals surface area contributed by atoms with Crippen LogP contribution in [0.4, 0.5) is 9.93 Å². The fraction of sp³-hybridized carbons (Fsp3) is 0.643. The number of carbonyl (C=O) groups is 3. The van der Waals surface area contributed by atoms with Gasteiger partial charge < -0.3 is 10.4 Å². The van der Waals surface area contributed by atoms with Gasteiger partial charge in [-0.1, -0.05) is 35.9 Å². The van der Waals surface area contributed by atoms with Crippen molar-refractivity contribution in [2.75, 3.05) is 18.1 Å². The Balaban J connectivity index is 1.68. The maximum absolute atomic E-state index is 12.6. The summed E-state index contributed by atoms with van der Waals surface area (Å²) in [7, 11) is 0. The Bertz CT molecular complexity index is 714. The van der Waals surface area contributed by atoms with E-state index in [-0.39, 0.29) is 11.0 Å². The van der Waals surface area contributed by atoms with Gasteiger partial charge >= 0.3 is 6.03 Å². The number of hydrogen-bond donors (Lipinski definition) is 3. The van der Waals surface area contributed by atoms with Crippen LogP contribution >= 0.6 is 23.1 Å². The largest absolute Gasteiger partial charge is 0.378 e. The molecule has 9 nitrogen and oxygen atoms in total. The molecule has 136 valence electrons. The molecule has 0 aromatic carbocycles. The highest BCUT2D eigenvalue weighted by molar-refractivity contribution is 8.00. The van der Waals surface area contributed by atoms with Crippen molar-refractivity contribution in [3.63, 3.8) is 0 Å². The lowest BCUT2D eigenvalue weighted by atomic mass is 9.97. The molecule has 0 radical (unpaired) electrons. The van der Waals surface area contributed by atoms with Gasteiger partial charge in [-0.25, -0.2) is 4.79 Å². The summed E-state index contributed by atoms with van der Waals surface area (Å²) >= 11 is 2.56. The number of nitrogens with one attached hydrogen (secondary N) is 2. The van der Waals surface area contributed by atoms with Crippen LogP contribution in [0.2, 0.25) is 0 Å². The SMILES string of the molecule is CSc1nnc(NC(=O)C(C)(O)CN2C(=O)NC3(CCCC3)C2=O)s1. The van der Waals surface area contributed by atoms with Crippen LogP contribution < -0.4 is 10.6 Å². The molecule has 0 bridgehead atoms. The van der Waals surface area contributed by atoms with Crippen molar-refractivity contribution < 1.29 is 19.5 Å². The summed E-state index contributed by atoms with van der Waals surface area (Å²) in [6.07, 6.45) is 4.74. The number of anilines is 1. The van der Waals surface area contributed by atoms with Crippen molar-refractivity contribution >= 4 is 46.1 Å². The second-order valence-corrected chi connectivity index (χ2v) is 8.45. The Morgan fingerprint density at radius 1 is 1.44 bits per heavy atom. The van der Waals surface area contributed by atoms with E-state index in [4.69, 9.17) is 0 Å². The summed E-state index contributed by atoms with van der Waals surface area (Å²) in [5.74, 6) is -1.12. The molecule has 1 aliphatic carbocycles. The number of rotatable bonds is 5. The summed E-state index contributed by atoms with van der Waals surface area (Å²) in [5.41, 5.74) is -2.81. The first-order chi connectivity index (χ1) is 11.8. The van der Waals surface area contributed by atoms with E-state index < -0.39 is 29.6 Å². The van der Waals surface area contributed by atoms with Gasteiger partial charge in [0.2, 0.25) is 5.13 Å². The standard InChI is InChI=1S/C14H19N5O4S2/c1-13(23,8(20)15-10-17-18-12(24-2)25-10)7-19-9(21)14(16-11(19)22)5-3-4-6-14/h23H,3-7H2,1-2H3,(H,16,22)(H,15,17,20). The molecule has 2 aliphatic rings. The van der Waals surface area contributed by atoms with Gasteiger partial charge in [0.1, 0.15) is 5.54 Å². The molecule has 2 fully saturated rings. The molecule has 1 unspecified atom stereocenters. The molecule has 1 atom stereocenters. The fourth-order valence-electron chi connectivity index (χ4n) is 3.09. The molecule has 25 heavy (non-hydrogen) atoms. The van der Waals surface area contributed by atoms with Gasteiger partial charge in [0.15, 0.2) is 9.94 Å². The first-order valence-electron chi connectivity index (χ1n) is 7.83. The van der Waals surface area contributed by atoms with Gasteiger partial charge in [0, 0.05) is 0 Å². The molecule has 4 amide bonds. The van der Waals surface area contributed by atoms with Crippen molar-refractivity contribution in [1.29, 1.82) is 0 Å². The van der Waals surface area contributed by atoms with E-state index in [9.17, 15) is 19.5 Å². The Labute approximate surface area is 152 Å². The monoisotopic (exact) mass is 385 g/mol. The van der Waals surface area contributed by atoms with E-state index in [1.165, 1.54) is 30.0 Å². The first-order valence-corrected chi connectivity index (χ1v) is 9.87. The van der Waals surface area contributed by atoms with E-state index in [0.29, 0.717) is 17.2 Å². The lowest BCUT2D eigenvalue weighted by molar-refractivity contribution is -0.139. The van der Waals surface area contributed by atoms with Crippen LogP contribution in [0.1, 0.15) is 32.6 Å². The molecule has 2 heterocycles.